The van der Waals surface area contributed by atoms with E-state index < -0.39 is 71.3 Å². The molecule has 7 nitrogen and oxygen atoms in total. The number of hydrogen-bond donors (Lipinski definition) is 3. The van der Waals surface area contributed by atoms with Crippen LogP contribution < -0.4 is 15.4 Å². The molecule has 1 heterocycles. The zero-order chi connectivity index (χ0) is 22.6. The number of rotatable bonds is 7. The van der Waals surface area contributed by atoms with Gasteiger partial charge >= 0.3 is 6.09 Å². The van der Waals surface area contributed by atoms with Gasteiger partial charge in [-0.3, -0.25) is 10.1 Å². The number of carbonyl (C=O) groups is 2. The molecule has 2 rings (SSSR count). The van der Waals surface area contributed by atoms with Crippen molar-refractivity contribution in [2.45, 2.75) is 51.5 Å². The molecule has 0 aromatic heterocycles. The fraction of sp³-hybridized carbons (Fsp3) is 0.579. The summed E-state index contributed by atoms with van der Waals surface area (Å²) >= 11 is 0. The van der Waals surface area contributed by atoms with E-state index in [4.69, 9.17) is 9.47 Å². The van der Waals surface area contributed by atoms with Crippen LogP contribution in [0.15, 0.2) is 6.07 Å². The SMILES string of the molecule is CC(C)(C)OC(=O)N[C@@H](C[C@@H]1CCNC1O)C(=O)COc1c(F)c(F)cc(F)c1F. The van der Waals surface area contributed by atoms with Gasteiger partial charge in [-0.2, -0.15) is 8.78 Å². The first-order valence-electron chi connectivity index (χ1n) is 9.28. The summed E-state index contributed by atoms with van der Waals surface area (Å²) in [5.41, 5.74) is -0.853. The van der Waals surface area contributed by atoms with Gasteiger partial charge < -0.3 is 19.9 Å². The van der Waals surface area contributed by atoms with Gasteiger partial charge in [-0.1, -0.05) is 0 Å². The Morgan fingerprint density at radius 3 is 2.33 bits per heavy atom. The van der Waals surface area contributed by atoms with Crippen molar-refractivity contribution in [2.75, 3.05) is 13.2 Å². The highest BCUT2D eigenvalue weighted by Crippen LogP contribution is 2.27. The lowest BCUT2D eigenvalue weighted by Crippen LogP contribution is -2.47. The van der Waals surface area contributed by atoms with Crippen LogP contribution in [0.4, 0.5) is 22.4 Å². The van der Waals surface area contributed by atoms with Crippen LogP contribution in [-0.4, -0.2) is 48.0 Å². The molecule has 1 aromatic rings. The van der Waals surface area contributed by atoms with Crippen LogP contribution in [0.2, 0.25) is 0 Å². The first kappa shape index (κ1) is 23.9. The van der Waals surface area contributed by atoms with Crippen molar-refractivity contribution in [3.8, 4) is 5.75 Å². The maximum absolute atomic E-state index is 13.7. The molecule has 0 radical (unpaired) electrons. The summed E-state index contributed by atoms with van der Waals surface area (Å²) in [6.07, 6.45) is -1.33. The van der Waals surface area contributed by atoms with E-state index in [0.717, 1.165) is 0 Å². The Morgan fingerprint density at radius 2 is 1.83 bits per heavy atom. The van der Waals surface area contributed by atoms with E-state index in [1.165, 1.54) is 0 Å². The molecule has 3 N–H and O–H groups in total. The lowest BCUT2D eigenvalue weighted by molar-refractivity contribution is -0.123. The minimum atomic E-state index is -1.78. The highest BCUT2D eigenvalue weighted by Gasteiger charge is 2.33. The number of halogens is 4. The molecule has 1 aliphatic rings. The molecule has 1 aromatic carbocycles. The summed E-state index contributed by atoms with van der Waals surface area (Å²) in [5, 5.41) is 15.0. The van der Waals surface area contributed by atoms with Crippen LogP contribution in [0.5, 0.6) is 5.75 Å². The fourth-order valence-corrected chi connectivity index (χ4v) is 2.93. The van der Waals surface area contributed by atoms with E-state index in [1.807, 2.05) is 0 Å². The van der Waals surface area contributed by atoms with E-state index in [0.29, 0.717) is 13.0 Å². The van der Waals surface area contributed by atoms with Crippen LogP contribution in [0.3, 0.4) is 0 Å². The minimum absolute atomic E-state index is 0.0146. The summed E-state index contributed by atoms with van der Waals surface area (Å²) < 4.78 is 63.8. The number of aliphatic hydroxyl groups excluding tert-OH is 1. The molecular weight excluding hydrogens is 412 g/mol. The molecule has 1 saturated heterocycles. The van der Waals surface area contributed by atoms with Gasteiger partial charge in [-0.15, -0.1) is 0 Å². The first-order valence-corrected chi connectivity index (χ1v) is 9.28. The third-order valence-corrected chi connectivity index (χ3v) is 4.36. The Morgan fingerprint density at radius 1 is 1.23 bits per heavy atom. The maximum atomic E-state index is 13.7. The Kier molecular flexibility index (Phi) is 7.64. The molecule has 1 aliphatic heterocycles. The van der Waals surface area contributed by atoms with E-state index in [9.17, 15) is 32.3 Å². The molecule has 0 aliphatic carbocycles. The number of ether oxygens (including phenoxy) is 2. The molecule has 30 heavy (non-hydrogen) atoms. The monoisotopic (exact) mass is 436 g/mol. The third kappa shape index (κ3) is 6.30. The van der Waals surface area contributed by atoms with E-state index in [1.54, 1.807) is 20.8 Å². The lowest BCUT2D eigenvalue weighted by Gasteiger charge is -2.25. The molecule has 1 fully saturated rings. The molecule has 0 spiro atoms. The first-order chi connectivity index (χ1) is 13.9. The zero-order valence-electron chi connectivity index (χ0n) is 16.7. The van der Waals surface area contributed by atoms with Crippen molar-refractivity contribution < 1.29 is 41.7 Å². The molecule has 1 unspecified atom stereocenters. The average molecular weight is 436 g/mol. The zero-order valence-corrected chi connectivity index (χ0v) is 16.7. The molecule has 1 amide bonds. The van der Waals surface area contributed by atoms with E-state index in [-0.39, 0.29) is 12.5 Å². The fourth-order valence-electron chi connectivity index (χ4n) is 2.93. The van der Waals surface area contributed by atoms with E-state index >= 15 is 0 Å². The van der Waals surface area contributed by atoms with Crippen molar-refractivity contribution in [1.82, 2.24) is 10.6 Å². The Bertz CT molecular complexity index is 774. The Hall–Kier alpha value is -2.40. The smallest absolute Gasteiger partial charge is 0.408 e. The normalized spacial score (nSPS) is 20.0. The van der Waals surface area contributed by atoms with Crippen LogP contribution in [0, 0.1) is 29.2 Å². The largest absolute Gasteiger partial charge is 0.479 e. The summed E-state index contributed by atoms with van der Waals surface area (Å²) in [4.78, 5) is 24.7. The van der Waals surface area contributed by atoms with Crippen LogP contribution in [0.1, 0.15) is 33.6 Å². The van der Waals surface area contributed by atoms with Crippen LogP contribution in [-0.2, 0) is 9.53 Å². The number of nitrogens with one attached hydrogen (secondary N) is 2. The lowest BCUT2D eigenvalue weighted by atomic mass is 9.95. The predicted molar refractivity (Wildman–Crippen MR) is 96.7 cm³/mol. The second-order valence-corrected chi connectivity index (χ2v) is 7.93. The third-order valence-electron chi connectivity index (χ3n) is 4.36. The minimum Gasteiger partial charge on any atom is -0.479 e. The highest BCUT2D eigenvalue weighted by atomic mass is 19.2. The van der Waals surface area contributed by atoms with Crippen LogP contribution >= 0.6 is 0 Å². The van der Waals surface area contributed by atoms with Gasteiger partial charge in [0.1, 0.15) is 18.4 Å². The quantitative estimate of drug-likeness (QED) is 0.449. The van der Waals surface area contributed by atoms with Crippen molar-refractivity contribution in [2.24, 2.45) is 5.92 Å². The topological polar surface area (TPSA) is 96.9 Å². The number of benzene rings is 1. The van der Waals surface area contributed by atoms with Crippen molar-refractivity contribution >= 4 is 11.9 Å². The summed E-state index contributed by atoms with van der Waals surface area (Å²) in [5.74, 6) is -9.53. The Balaban J connectivity index is 2.13. The number of carbonyl (C=O) groups excluding carboxylic acids is 2. The second-order valence-electron chi connectivity index (χ2n) is 7.93. The number of aliphatic hydroxyl groups is 1. The van der Waals surface area contributed by atoms with Crippen molar-refractivity contribution in [3.05, 3.63) is 29.3 Å². The van der Waals surface area contributed by atoms with Gasteiger partial charge in [0.15, 0.2) is 23.2 Å². The standard InChI is InChI=1S/C19H24F4N2O5/c1-19(2,3)30-18(28)25-12(6-9-4-5-24-17(9)27)13(26)8-29-16-14(22)10(20)7-11(21)15(16)23/h7,9,12,17,24,27H,4-6,8H2,1-3H3,(H,25,28)/t9-,12-,17?/m0/s1. The number of hydrogen-bond acceptors (Lipinski definition) is 6. The Labute approximate surface area is 170 Å². The van der Waals surface area contributed by atoms with Crippen LogP contribution in [0.25, 0.3) is 0 Å². The van der Waals surface area contributed by atoms with Gasteiger partial charge in [-0.25, -0.2) is 13.6 Å². The second kappa shape index (κ2) is 9.61. The van der Waals surface area contributed by atoms with Gasteiger partial charge in [0.2, 0.25) is 11.6 Å². The molecule has 168 valence electrons. The summed E-state index contributed by atoms with van der Waals surface area (Å²) in [7, 11) is 0. The number of amides is 1. The average Bonchev–Trinajstić information content (AvgIpc) is 3.02. The molecule has 3 atom stereocenters. The molecular formula is C19H24F4N2O5. The number of ketones is 1. The summed E-state index contributed by atoms with van der Waals surface area (Å²) in [6.45, 7) is 4.35. The van der Waals surface area contributed by atoms with Crippen molar-refractivity contribution in [1.29, 1.82) is 0 Å². The van der Waals surface area contributed by atoms with Gasteiger partial charge in [0.05, 0.1) is 6.04 Å². The van der Waals surface area contributed by atoms with Gasteiger partial charge in [-0.05, 0) is 40.2 Å². The summed E-state index contributed by atoms with van der Waals surface area (Å²) in [6, 6.07) is -1.22. The molecule has 0 saturated carbocycles. The maximum Gasteiger partial charge on any atom is 0.408 e. The number of Topliss-reactive ketones (excluding diaryl/α,β-unsaturated/α-hetero) is 1. The predicted octanol–water partition coefficient (Wildman–Crippen LogP) is 2.40. The van der Waals surface area contributed by atoms with Gasteiger partial charge in [0.25, 0.3) is 0 Å². The van der Waals surface area contributed by atoms with E-state index in [2.05, 4.69) is 10.6 Å². The van der Waals surface area contributed by atoms with Gasteiger partial charge in [0, 0.05) is 12.0 Å². The molecule has 0 bridgehead atoms. The molecule has 11 heteroatoms. The highest BCUT2D eigenvalue weighted by molar-refractivity contribution is 5.88. The van der Waals surface area contributed by atoms with Crippen molar-refractivity contribution in [3.63, 3.8) is 0 Å². The number of alkyl carbamates (subject to hydrolysis) is 1.